The Kier molecular flexibility index (Phi) is 18.0. The highest BCUT2D eigenvalue weighted by Gasteiger charge is 2.43. The number of nitro benzene ring substituents is 1. The number of nitrogens with one attached hydrogen (secondary N) is 3. The zero-order valence-corrected chi connectivity index (χ0v) is 41.0. The number of cyclic esters (lactones) is 1. The highest BCUT2D eigenvalue weighted by Crippen LogP contribution is 2.39. The summed E-state index contributed by atoms with van der Waals surface area (Å²) in [5.74, 6) is -5.97. The lowest BCUT2D eigenvalue weighted by Crippen LogP contribution is -2.56. The average molecular weight is 1030 g/mol. The SMILES string of the molecule is CCc1c2c(nc3ccccc13)-c1cc3c(c(=O)n1C2)COC(=O)C3OC(=O)[C@@H](NC(=O)C1CCCN1C(=O)C(CC(=O)O)NC(=O)CCOCCOCCOCCNC(=O)Oc1ccc([N+](=O)[O-])cc1)C(C)C. The molecule has 24 heteroatoms. The van der Waals surface area contributed by atoms with Crippen LogP contribution in [0.4, 0.5) is 10.5 Å². The Morgan fingerprint density at radius 1 is 0.932 bits per heavy atom. The molecule has 4 amide bonds. The number of esters is 2. The molecule has 7 rings (SSSR count). The first kappa shape index (κ1) is 54.0. The molecule has 4 aromatic rings. The summed E-state index contributed by atoms with van der Waals surface area (Å²) in [5.41, 5.74) is 3.45. The first-order valence-corrected chi connectivity index (χ1v) is 24.2. The van der Waals surface area contributed by atoms with E-state index in [9.17, 15) is 53.6 Å². The quantitative estimate of drug-likeness (QED) is 0.0299. The van der Waals surface area contributed by atoms with Crippen LogP contribution in [-0.4, -0.2) is 137 Å². The van der Waals surface area contributed by atoms with Crippen LogP contribution in [-0.2, 0) is 72.0 Å². The Labute approximate surface area is 423 Å². The average Bonchev–Trinajstić information content (AvgIpc) is 4.01. The highest BCUT2D eigenvalue weighted by atomic mass is 16.6. The molecule has 24 nitrogen and oxygen atoms in total. The number of amides is 4. The lowest BCUT2D eigenvalue weighted by atomic mass is 9.97. The molecule has 2 aromatic heterocycles. The summed E-state index contributed by atoms with van der Waals surface area (Å²) in [6.07, 6.45) is -2.21. The molecule has 1 fully saturated rings. The molecule has 3 aliphatic rings. The van der Waals surface area contributed by atoms with Crippen molar-refractivity contribution >= 4 is 58.3 Å². The second-order valence-corrected chi connectivity index (χ2v) is 17.9. The number of carbonyl (C=O) groups is 7. The van der Waals surface area contributed by atoms with E-state index in [1.807, 2.05) is 31.2 Å². The van der Waals surface area contributed by atoms with E-state index in [0.717, 1.165) is 22.0 Å². The smallest absolute Gasteiger partial charge is 0.412 e. The Hall–Kier alpha value is -7.83. The molecule has 4 N–H and O–H groups in total. The van der Waals surface area contributed by atoms with E-state index in [2.05, 4.69) is 16.0 Å². The Bertz CT molecular complexity index is 2850. The van der Waals surface area contributed by atoms with Crippen molar-refractivity contribution in [2.45, 2.75) is 90.3 Å². The molecular formula is C50H57N7O17. The van der Waals surface area contributed by atoms with Crippen molar-refractivity contribution in [2.24, 2.45) is 5.92 Å². The first-order chi connectivity index (χ1) is 35.6. The van der Waals surface area contributed by atoms with E-state index in [1.54, 1.807) is 24.5 Å². The van der Waals surface area contributed by atoms with Crippen molar-refractivity contribution < 1.29 is 72.0 Å². The summed E-state index contributed by atoms with van der Waals surface area (Å²) in [5, 5.41) is 29.0. The summed E-state index contributed by atoms with van der Waals surface area (Å²) in [7, 11) is 0. The van der Waals surface area contributed by atoms with Gasteiger partial charge in [-0.15, -0.1) is 0 Å². The summed E-state index contributed by atoms with van der Waals surface area (Å²) in [6, 6.07) is 10.3. The van der Waals surface area contributed by atoms with Crippen LogP contribution in [0.25, 0.3) is 22.3 Å². The number of non-ortho nitro benzene ring substituents is 1. The van der Waals surface area contributed by atoms with Crippen molar-refractivity contribution in [3.8, 4) is 17.1 Å². The van der Waals surface area contributed by atoms with Gasteiger partial charge in [0, 0.05) is 48.2 Å². The minimum Gasteiger partial charge on any atom is -0.481 e. The second-order valence-electron chi connectivity index (χ2n) is 17.9. The van der Waals surface area contributed by atoms with Gasteiger partial charge in [-0.3, -0.25) is 34.1 Å². The van der Waals surface area contributed by atoms with E-state index in [4.69, 9.17) is 33.4 Å². The van der Waals surface area contributed by atoms with E-state index in [-0.39, 0.29) is 101 Å². The molecule has 3 aliphatic heterocycles. The fourth-order valence-electron chi connectivity index (χ4n) is 8.95. The zero-order valence-electron chi connectivity index (χ0n) is 41.0. The van der Waals surface area contributed by atoms with Gasteiger partial charge in [0.05, 0.1) is 80.0 Å². The number of ether oxygens (including phenoxy) is 6. The number of fused-ring (bicyclic) bond motifs is 5. The summed E-state index contributed by atoms with van der Waals surface area (Å²) < 4.78 is 34.0. The van der Waals surface area contributed by atoms with Crippen LogP contribution in [0.2, 0.25) is 0 Å². The fourth-order valence-corrected chi connectivity index (χ4v) is 8.95. The van der Waals surface area contributed by atoms with Gasteiger partial charge in [-0.2, -0.15) is 0 Å². The van der Waals surface area contributed by atoms with E-state index >= 15 is 0 Å². The van der Waals surface area contributed by atoms with Gasteiger partial charge in [0.15, 0.2) is 0 Å². The minimum absolute atomic E-state index is 0.0591. The Balaban J connectivity index is 0.862. The van der Waals surface area contributed by atoms with Crippen LogP contribution in [0.3, 0.4) is 0 Å². The van der Waals surface area contributed by atoms with E-state index in [0.29, 0.717) is 24.2 Å². The van der Waals surface area contributed by atoms with Crippen LogP contribution in [0.15, 0.2) is 59.4 Å². The largest absolute Gasteiger partial charge is 0.481 e. The second kappa shape index (κ2) is 24.7. The first-order valence-electron chi connectivity index (χ1n) is 24.2. The number of benzene rings is 2. The molecule has 0 bridgehead atoms. The molecule has 4 atom stereocenters. The van der Waals surface area contributed by atoms with Crippen molar-refractivity contribution in [3.05, 3.63) is 97.3 Å². The maximum atomic E-state index is 14.0. The standard InChI is InChI=1S/C50H57N7O17/c1-4-31-32-8-5-6-9-36(32)53-43-34(31)26-56-39(43)24-33-35(46(56)62)27-72-49(65)44(33)74-48(64)42(28(2)3)54-45(61)38-10-7-17-55(38)47(63)37(25-41(59)60)52-40(58)15-18-69-20-22-71-23-21-70-19-16-51-50(66)73-30-13-11-29(12-14-30)57(67)68/h5-6,8-9,11-14,24,28,37-38,42,44H,4,7,10,15-23,25-27H2,1-3H3,(H,51,66)(H,52,58)(H,54,61)(H,59,60)/t37?,38?,42-,44?/m0/s1. The van der Waals surface area contributed by atoms with Gasteiger partial charge < -0.3 is 58.9 Å². The molecular weight excluding hydrogens is 971 g/mol. The predicted octanol–water partition coefficient (Wildman–Crippen LogP) is 2.86. The number of aliphatic carboxylic acids is 1. The predicted molar refractivity (Wildman–Crippen MR) is 258 cm³/mol. The van der Waals surface area contributed by atoms with Crippen LogP contribution in [0, 0.1) is 16.0 Å². The van der Waals surface area contributed by atoms with Gasteiger partial charge >= 0.3 is 24.0 Å². The van der Waals surface area contributed by atoms with Crippen LogP contribution in [0.5, 0.6) is 5.75 Å². The number of nitro groups is 1. The third kappa shape index (κ3) is 12.8. The third-order valence-corrected chi connectivity index (χ3v) is 12.6. The number of aryl methyl sites for hydroxylation is 1. The number of para-hydroxylation sites is 1. The van der Waals surface area contributed by atoms with Crippen LogP contribution < -0.4 is 26.2 Å². The number of carboxylic acid groups (broad SMARTS) is 1. The number of hydrogen-bond donors (Lipinski definition) is 4. The number of rotatable bonds is 24. The summed E-state index contributed by atoms with van der Waals surface area (Å²) in [4.78, 5) is 122. The number of pyridine rings is 2. The molecule has 2 aromatic carbocycles. The summed E-state index contributed by atoms with van der Waals surface area (Å²) >= 11 is 0. The molecule has 0 saturated carbocycles. The number of aromatic nitrogens is 2. The Morgan fingerprint density at radius 3 is 2.32 bits per heavy atom. The van der Waals surface area contributed by atoms with Gasteiger partial charge in [0.1, 0.15) is 30.5 Å². The topological polar surface area (TPSA) is 312 Å². The number of carbonyl (C=O) groups excluding carboxylic acids is 6. The molecule has 0 spiro atoms. The number of likely N-dealkylation sites (tertiary alicyclic amines) is 1. The molecule has 74 heavy (non-hydrogen) atoms. The molecule has 0 radical (unpaired) electrons. The van der Waals surface area contributed by atoms with Gasteiger partial charge in [-0.05, 0) is 55.0 Å². The molecule has 3 unspecified atom stereocenters. The molecule has 394 valence electrons. The van der Waals surface area contributed by atoms with Crippen molar-refractivity contribution in [3.63, 3.8) is 0 Å². The summed E-state index contributed by atoms with van der Waals surface area (Å²) in [6.45, 7) is 6.10. The van der Waals surface area contributed by atoms with Gasteiger partial charge in [-0.1, -0.05) is 39.0 Å². The maximum absolute atomic E-state index is 14.0. The molecule has 0 aliphatic carbocycles. The Morgan fingerprint density at radius 2 is 1.64 bits per heavy atom. The van der Waals surface area contributed by atoms with Gasteiger partial charge in [0.2, 0.25) is 23.8 Å². The van der Waals surface area contributed by atoms with Gasteiger partial charge in [0.25, 0.3) is 11.2 Å². The van der Waals surface area contributed by atoms with Crippen LogP contribution in [0.1, 0.15) is 74.8 Å². The molecule has 1 saturated heterocycles. The normalized spacial score (nSPS) is 16.3. The fraction of sp³-hybridized carbons (Fsp3) is 0.460. The lowest BCUT2D eigenvalue weighted by molar-refractivity contribution is -0.384. The third-order valence-electron chi connectivity index (χ3n) is 12.6. The minimum atomic E-state index is -1.64. The monoisotopic (exact) mass is 1030 g/mol. The number of carboxylic acids is 1. The van der Waals surface area contributed by atoms with Crippen molar-refractivity contribution in [2.75, 3.05) is 52.7 Å². The molecule has 5 heterocycles. The zero-order chi connectivity index (χ0) is 53.1. The van der Waals surface area contributed by atoms with E-state index in [1.165, 1.54) is 29.2 Å². The van der Waals surface area contributed by atoms with Gasteiger partial charge in [-0.25, -0.2) is 19.4 Å². The highest BCUT2D eigenvalue weighted by molar-refractivity contribution is 5.96. The lowest BCUT2D eigenvalue weighted by Gasteiger charge is -2.31. The van der Waals surface area contributed by atoms with Crippen molar-refractivity contribution in [1.82, 2.24) is 30.4 Å². The maximum Gasteiger partial charge on any atom is 0.412 e. The number of nitrogens with zero attached hydrogens (tertiary/aromatic N) is 4. The van der Waals surface area contributed by atoms with Crippen molar-refractivity contribution in [1.29, 1.82) is 0 Å². The van der Waals surface area contributed by atoms with E-state index < -0.39 is 88.8 Å². The number of hydrogen-bond acceptors (Lipinski definition) is 17. The van der Waals surface area contributed by atoms with Crippen LogP contribution >= 0.6 is 0 Å².